The summed E-state index contributed by atoms with van der Waals surface area (Å²) in [5.41, 5.74) is 6.97. The summed E-state index contributed by atoms with van der Waals surface area (Å²) in [6.45, 7) is 5.08. The van der Waals surface area contributed by atoms with Gasteiger partial charge in [0.25, 0.3) is 5.91 Å². The molecule has 0 radical (unpaired) electrons. The maximum absolute atomic E-state index is 13.0. The highest BCUT2D eigenvalue weighted by Crippen LogP contribution is 2.26. The molecule has 29 heavy (non-hydrogen) atoms. The van der Waals surface area contributed by atoms with E-state index in [1.54, 1.807) is 47.0 Å². The maximum atomic E-state index is 13.0. The second-order valence-corrected chi connectivity index (χ2v) is 7.34. The van der Waals surface area contributed by atoms with E-state index in [1.165, 1.54) is 0 Å². The molecule has 0 aliphatic carbocycles. The van der Waals surface area contributed by atoms with Crippen LogP contribution in [0, 0.1) is 12.8 Å². The highest BCUT2D eigenvalue weighted by atomic mass is 16.5. The molecule has 8 heteroatoms. The van der Waals surface area contributed by atoms with Crippen LogP contribution in [0.2, 0.25) is 0 Å². The number of amides is 2. The van der Waals surface area contributed by atoms with E-state index in [4.69, 9.17) is 10.5 Å². The lowest BCUT2D eigenvalue weighted by Crippen LogP contribution is -2.31. The molecule has 2 N–H and O–H groups in total. The van der Waals surface area contributed by atoms with Crippen molar-refractivity contribution in [3.63, 3.8) is 0 Å². The van der Waals surface area contributed by atoms with E-state index in [-0.39, 0.29) is 24.8 Å². The Morgan fingerprint density at radius 3 is 2.59 bits per heavy atom. The van der Waals surface area contributed by atoms with Gasteiger partial charge < -0.3 is 15.4 Å². The van der Waals surface area contributed by atoms with Crippen LogP contribution in [0.5, 0.6) is 0 Å². The summed E-state index contributed by atoms with van der Waals surface area (Å²) in [7, 11) is 0. The Hall–Kier alpha value is -3.16. The number of hydrogen-bond donors (Lipinski definition) is 1. The topological polar surface area (TPSA) is 108 Å². The van der Waals surface area contributed by atoms with Crippen molar-refractivity contribution in [1.29, 1.82) is 0 Å². The van der Waals surface area contributed by atoms with Gasteiger partial charge in [-0.05, 0) is 25.5 Å². The average molecular weight is 398 g/mol. The van der Waals surface area contributed by atoms with Crippen LogP contribution in [0.25, 0.3) is 0 Å². The number of benzene rings is 1. The Bertz CT molecular complexity index is 893. The predicted octanol–water partition coefficient (Wildman–Crippen LogP) is 1.77. The van der Waals surface area contributed by atoms with Crippen molar-refractivity contribution in [1.82, 2.24) is 14.7 Å². The fraction of sp³-hybridized carbons (Fsp3) is 0.429. The van der Waals surface area contributed by atoms with Gasteiger partial charge in [-0.2, -0.15) is 5.10 Å². The van der Waals surface area contributed by atoms with Crippen LogP contribution in [0.15, 0.2) is 36.5 Å². The van der Waals surface area contributed by atoms with Crippen molar-refractivity contribution >= 4 is 17.8 Å². The van der Waals surface area contributed by atoms with Gasteiger partial charge >= 0.3 is 5.97 Å². The number of likely N-dealkylation sites (tertiary alicyclic amines) is 1. The normalized spacial score (nSPS) is 18.6. The third-order valence-electron chi connectivity index (χ3n) is 5.03. The van der Waals surface area contributed by atoms with E-state index in [9.17, 15) is 14.4 Å². The van der Waals surface area contributed by atoms with E-state index in [2.05, 4.69) is 5.10 Å². The summed E-state index contributed by atoms with van der Waals surface area (Å²) >= 11 is 0. The molecular weight excluding hydrogens is 372 g/mol. The first-order valence-electron chi connectivity index (χ1n) is 9.76. The van der Waals surface area contributed by atoms with Gasteiger partial charge in [0.05, 0.1) is 23.4 Å². The second-order valence-electron chi connectivity index (χ2n) is 7.34. The number of carbonyl (C=O) groups is 3. The summed E-state index contributed by atoms with van der Waals surface area (Å²) in [4.78, 5) is 38.6. The molecule has 0 unspecified atom stereocenters. The number of primary amides is 1. The Kier molecular flexibility index (Phi) is 6.31. The molecule has 2 aromatic rings. The van der Waals surface area contributed by atoms with Gasteiger partial charge in [0.1, 0.15) is 6.10 Å². The van der Waals surface area contributed by atoms with Crippen molar-refractivity contribution < 1.29 is 19.1 Å². The van der Waals surface area contributed by atoms with Crippen LogP contribution >= 0.6 is 0 Å². The van der Waals surface area contributed by atoms with Crippen molar-refractivity contribution in [2.24, 2.45) is 11.7 Å². The molecule has 1 fully saturated rings. The molecule has 0 spiro atoms. The van der Waals surface area contributed by atoms with Crippen molar-refractivity contribution in [2.75, 3.05) is 13.1 Å². The molecule has 1 aliphatic heterocycles. The van der Waals surface area contributed by atoms with Crippen LogP contribution in [0.4, 0.5) is 0 Å². The van der Waals surface area contributed by atoms with E-state index in [0.717, 1.165) is 13.0 Å². The second kappa shape index (κ2) is 8.89. The highest BCUT2D eigenvalue weighted by molar-refractivity contribution is 5.95. The van der Waals surface area contributed by atoms with E-state index >= 15 is 0 Å². The predicted molar refractivity (Wildman–Crippen MR) is 106 cm³/mol. The molecule has 1 aliphatic rings. The SMILES string of the molecule is CCCn1cc(C(=O)N2C[C@H](CC(N)=O)[C@H](OC(=O)c3ccccc3)C2)c(C)n1. The lowest BCUT2D eigenvalue weighted by atomic mass is 10.0. The number of hydrogen-bond acceptors (Lipinski definition) is 5. The van der Waals surface area contributed by atoms with Crippen LogP contribution in [0.1, 0.15) is 46.2 Å². The number of aromatic nitrogens is 2. The fourth-order valence-electron chi connectivity index (χ4n) is 3.62. The summed E-state index contributed by atoms with van der Waals surface area (Å²) in [6, 6.07) is 8.63. The number of nitrogens with zero attached hydrogens (tertiary/aromatic N) is 3. The molecule has 2 atom stereocenters. The minimum atomic E-state index is -0.592. The van der Waals surface area contributed by atoms with Gasteiger partial charge in [-0.3, -0.25) is 14.3 Å². The average Bonchev–Trinajstić information content (AvgIpc) is 3.25. The molecule has 0 saturated carbocycles. The number of nitrogens with two attached hydrogens (primary N) is 1. The molecule has 1 aromatic heterocycles. The van der Waals surface area contributed by atoms with E-state index < -0.39 is 18.0 Å². The molecular formula is C21H26N4O4. The van der Waals surface area contributed by atoms with Crippen LogP contribution in [0.3, 0.4) is 0 Å². The van der Waals surface area contributed by atoms with Gasteiger partial charge in [0.15, 0.2) is 0 Å². The van der Waals surface area contributed by atoms with Gasteiger partial charge in [0, 0.05) is 31.6 Å². The molecule has 2 amide bonds. The molecule has 2 heterocycles. The van der Waals surface area contributed by atoms with Gasteiger partial charge in [-0.1, -0.05) is 25.1 Å². The standard InChI is InChI=1S/C21H26N4O4/c1-3-9-25-12-17(14(2)23-25)20(27)24-11-16(10-19(22)26)18(13-24)29-21(28)15-7-5-4-6-8-15/h4-8,12,16,18H,3,9-11,13H2,1-2H3,(H2,22,26)/t16-,18+/m0/s1. The van der Waals surface area contributed by atoms with Crippen LogP contribution < -0.4 is 5.73 Å². The van der Waals surface area contributed by atoms with Crippen molar-refractivity contribution in [2.45, 2.75) is 39.3 Å². The zero-order chi connectivity index (χ0) is 21.0. The Morgan fingerprint density at radius 2 is 1.93 bits per heavy atom. The Balaban J connectivity index is 1.75. The fourth-order valence-corrected chi connectivity index (χ4v) is 3.62. The van der Waals surface area contributed by atoms with Crippen LogP contribution in [-0.4, -0.2) is 51.7 Å². The van der Waals surface area contributed by atoms with Crippen molar-refractivity contribution in [3.05, 3.63) is 53.3 Å². The number of ether oxygens (including phenoxy) is 1. The van der Waals surface area contributed by atoms with Gasteiger partial charge in [-0.15, -0.1) is 0 Å². The third kappa shape index (κ3) is 4.82. The first-order valence-corrected chi connectivity index (χ1v) is 9.76. The lowest BCUT2D eigenvalue weighted by Gasteiger charge is -2.17. The smallest absolute Gasteiger partial charge is 0.338 e. The first kappa shape index (κ1) is 20.6. The third-order valence-corrected chi connectivity index (χ3v) is 5.03. The number of carbonyl (C=O) groups excluding carboxylic acids is 3. The quantitative estimate of drug-likeness (QED) is 0.715. The maximum Gasteiger partial charge on any atom is 0.338 e. The monoisotopic (exact) mass is 398 g/mol. The highest BCUT2D eigenvalue weighted by Gasteiger charge is 2.39. The largest absolute Gasteiger partial charge is 0.457 e. The van der Waals surface area contributed by atoms with E-state index in [1.807, 2.05) is 13.0 Å². The summed E-state index contributed by atoms with van der Waals surface area (Å²) in [5.74, 6) is -1.49. The lowest BCUT2D eigenvalue weighted by molar-refractivity contribution is -0.119. The minimum Gasteiger partial charge on any atom is -0.457 e. The summed E-state index contributed by atoms with van der Waals surface area (Å²) in [6.07, 6.45) is 2.11. The molecule has 1 aromatic carbocycles. The number of rotatable bonds is 7. The van der Waals surface area contributed by atoms with Gasteiger partial charge in [0.2, 0.25) is 5.91 Å². The zero-order valence-electron chi connectivity index (χ0n) is 16.7. The molecule has 1 saturated heterocycles. The zero-order valence-corrected chi connectivity index (χ0v) is 16.7. The first-order chi connectivity index (χ1) is 13.9. The van der Waals surface area contributed by atoms with Gasteiger partial charge in [-0.25, -0.2) is 4.79 Å². The summed E-state index contributed by atoms with van der Waals surface area (Å²) in [5, 5.41) is 4.38. The minimum absolute atomic E-state index is 0.0462. The molecule has 8 nitrogen and oxygen atoms in total. The Labute approximate surface area is 169 Å². The number of esters is 1. The van der Waals surface area contributed by atoms with E-state index in [0.29, 0.717) is 23.4 Å². The van der Waals surface area contributed by atoms with Crippen molar-refractivity contribution in [3.8, 4) is 0 Å². The Morgan fingerprint density at radius 1 is 1.21 bits per heavy atom. The van der Waals surface area contributed by atoms with Crippen LogP contribution in [-0.2, 0) is 16.1 Å². The summed E-state index contributed by atoms with van der Waals surface area (Å²) < 4.78 is 7.40. The molecule has 0 bridgehead atoms. The molecule has 154 valence electrons. The molecule has 3 rings (SSSR count). The number of aryl methyl sites for hydroxylation is 2.